The van der Waals surface area contributed by atoms with Crippen molar-refractivity contribution in [2.75, 3.05) is 18.2 Å². The van der Waals surface area contributed by atoms with Crippen molar-refractivity contribution in [2.45, 2.75) is 0 Å². The molecule has 21 heavy (non-hydrogen) atoms. The Balaban J connectivity index is 1.95. The van der Waals surface area contributed by atoms with Crippen LogP contribution in [-0.4, -0.2) is 24.6 Å². The van der Waals surface area contributed by atoms with E-state index in [-0.39, 0.29) is 17.1 Å². The van der Waals surface area contributed by atoms with Crippen molar-refractivity contribution in [3.63, 3.8) is 0 Å². The van der Waals surface area contributed by atoms with Gasteiger partial charge in [0.15, 0.2) is 5.78 Å². The van der Waals surface area contributed by atoms with Crippen LogP contribution in [0.15, 0.2) is 53.1 Å². The normalized spacial score (nSPS) is 14.6. The summed E-state index contributed by atoms with van der Waals surface area (Å²) in [5, 5.41) is 5.94. The molecule has 0 saturated heterocycles. The number of fused-ring (bicyclic) bond motifs is 1. The zero-order valence-corrected chi connectivity index (χ0v) is 12.2. The molecular weight excluding hydrogens is 286 g/mol. The quantitative estimate of drug-likeness (QED) is 0.697. The number of benzene rings is 2. The second-order valence-corrected chi connectivity index (χ2v) is 5.58. The lowest BCUT2D eigenvalue weighted by Crippen LogP contribution is -2.14. The Morgan fingerprint density at radius 2 is 1.95 bits per heavy atom. The van der Waals surface area contributed by atoms with Gasteiger partial charge in [0.25, 0.3) is 0 Å². The van der Waals surface area contributed by atoms with Crippen LogP contribution in [0.25, 0.3) is 10.8 Å². The molecule has 0 aliphatic carbocycles. The molecule has 2 aromatic rings. The van der Waals surface area contributed by atoms with Gasteiger partial charge in [0, 0.05) is 5.69 Å². The van der Waals surface area contributed by atoms with Crippen LogP contribution < -0.4 is 5.32 Å². The minimum absolute atomic E-state index is 0.107. The van der Waals surface area contributed by atoms with Crippen LogP contribution in [0.5, 0.6) is 0 Å². The summed E-state index contributed by atoms with van der Waals surface area (Å²) in [6.45, 7) is 0. The zero-order chi connectivity index (χ0) is 14.8. The van der Waals surface area contributed by atoms with Crippen LogP contribution >= 0.6 is 11.8 Å². The molecule has 1 heterocycles. The van der Waals surface area contributed by atoms with Crippen LogP contribution in [-0.2, 0) is 14.3 Å². The number of thioether (sulfide) groups is 1. The third kappa shape index (κ3) is 2.64. The number of methoxy groups -OCH3 is 1. The van der Waals surface area contributed by atoms with Crippen molar-refractivity contribution >= 4 is 40.0 Å². The van der Waals surface area contributed by atoms with E-state index < -0.39 is 5.97 Å². The molecule has 2 aromatic carbocycles. The van der Waals surface area contributed by atoms with Crippen LogP contribution in [0.3, 0.4) is 0 Å². The van der Waals surface area contributed by atoms with Gasteiger partial charge in [-0.2, -0.15) is 0 Å². The van der Waals surface area contributed by atoms with E-state index in [0.29, 0.717) is 5.03 Å². The van der Waals surface area contributed by atoms with Crippen molar-refractivity contribution in [2.24, 2.45) is 0 Å². The third-order valence-corrected chi connectivity index (χ3v) is 4.25. The lowest BCUT2D eigenvalue weighted by Gasteiger charge is -2.09. The van der Waals surface area contributed by atoms with Gasteiger partial charge in [0.1, 0.15) is 5.57 Å². The van der Waals surface area contributed by atoms with Crippen molar-refractivity contribution in [3.05, 3.63) is 53.1 Å². The standard InChI is InChI=1S/C16H13NO3S/c1-20-16(19)14-13(18)9-21-15(14)17-12-7-6-10-4-2-3-5-11(10)8-12/h2-8,17H,9H2,1H3. The maximum absolute atomic E-state index is 11.8. The highest BCUT2D eigenvalue weighted by Crippen LogP contribution is 2.31. The number of nitrogens with one attached hydrogen (secondary N) is 1. The van der Waals surface area contributed by atoms with Crippen molar-refractivity contribution in [1.29, 1.82) is 0 Å². The molecule has 0 amide bonds. The number of carbonyl (C=O) groups is 2. The van der Waals surface area contributed by atoms with E-state index in [4.69, 9.17) is 0 Å². The molecule has 0 aromatic heterocycles. The number of ketones is 1. The van der Waals surface area contributed by atoms with E-state index in [1.165, 1.54) is 18.9 Å². The van der Waals surface area contributed by atoms with Gasteiger partial charge >= 0.3 is 5.97 Å². The first-order valence-corrected chi connectivity index (χ1v) is 7.42. The summed E-state index contributed by atoms with van der Waals surface area (Å²) in [6, 6.07) is 13.9. The molecule has 1 N–H and O–H groups in total. The van der Waals surface area contributed by atoms with Crippen LogP contribution in [0, 0.1) is 0 Å². The topological polar surface area (TPSA) is 55.4 Å². The number of hydrogen-bond donors (Lipinski definition) is 1. The van der Waals surface area contributed by atoms with Gasteiger partial charge in [0.05, 0.1) is 17.9 Å². The molecule has 3 rings (SSSR count). The minimum atomic E-state index is -0.590. The van der Waals surface area contributed by atoms with Crippen LogP contribution in [0.2, 0.25) is 0 Å². The van der Waals surface area contributed by atoms with E-state index in [1.807, 2.05) is 42.5 Å². The Kier molecular flexibility index (Phi) is 3.66. The predicted molar refractivity (Wildman–Crippen MR) is 84.1 cm³/mol. The Labute approximate surface area is 126 Å². The fourth-order valence-electron chi connectivity index (χ4n) is 2.21. The average Bonchev–Trinajstić information content (AvgIpc) is 2.87. The summed E-state index contributed by atoms with van der Waals surface area (Å²) in [7, 11) is 1.28. The lowest BCUT2D eigenvalue weighted by molar-refractivity contribution is -0.137. The highest BCUT2D eigenvalue weighted by molar-refractivity contribution is 8.04. The van der Waals surface area contributed by atoms with Gasteiger partial charge in [-0.25, -0.2) is 4.79 Å². The SMILES string of the molecule is COC(=O)C1=C(Nc2ccc3ccccc3c2)SCC1=O. The van der Waals surface area contributed by atoms with Crippen LogP contribution in [0.4, 0.5) is 5.69 Å². The summed E-state index contributed by atoms with van der Waals surface area (Å²) in [5.74, 6) is -0.524. The fourth-order valence-corrected chi connectivity index (χ4v) is 3.17. The second kappa shape index (κ2) is 5.61. The molecule has 106 valence electrons. The van der Waals surface area contributed by atoms with Gasteiger partial charge < -0.3 is 10.1 Å². The molecule has 0 fully saturated rings. The number of ether oxygens (including phenoxy) is 1. The smallest absolute Gasteiger partial charge is 0.344 e. The number of rotatable bonds is 3. The van der Waals surface area contributed by atoms with Gasteiger partial charge in [-0.1, -0.05) is 42.1 Å². The molecular formula is C16H13NO3S. The first-order valence-electron chi connectivity index (χ1n) is 6.43. The molecule has 5 heteroatoms. The number of esters is 1. The molecule has 0 unspecified atom stereocenters. The highest BCUT2D eigenvalue weighted by atomic mass is 32.2. The van der Waals surface area contributed by atoms with E-state index >= 15 is 0 Å². The summed E-state index contributed by atoms with van der Waals surface area (Å²) in [4.78, 5) is 23.5. The summed E-state index contributed by atoms with van der Waals surface area (Å²) < 4.78 is 4.67. The van der Waals surface area contributed by atoms with Gasteiger partial charge in [0.2, 0.25) is 0 Å². The summed E-state index contributed by atoms with van der Waals surface area (Å²) in [6.07, 6.45) is 0. The molecule has 0 saturated carbocycles. The van der Waals surface area contributed by atoms with Gasteiger partial charge in [-0.05, 0) is 22.9 Å². The molecule has 0 radical (unpaired) electrons. The van der Waals surface area contributed by atoms with E-state index in [9.17, 15) is 9.59 Å². The largest absolute Gasteiger partial charge is 0.465 e. The number of anilines is 1. The third-order valence-electron chi connectivity index (χ3n) is 3.25. The Bertz CT molecular complexity index is 767. The molecule has 0 bridgehead atoms. The number of hydrogen-bond acceptors (Lipinski definition) is 5. The average molecular weight is 299 g/mol. The highest BCUT2D eigenvalue weighted by Gasteiger charge is 2.30. The van der Waals surface area contributed by atoms with Gasteiger partial charge in [-0.15, -0.1) is 0 Å². The summed E-state index contributed by atoms with van der Waals surface area (Å²) >= 11 is 1.32. The van der Waals surface area contributed by atoms with E-state index in [2.05, 4.69) is 10.1 Å². The zero-order valence-electron chi connectivity index (χ0n) is 11.4. The summed E-state index contributed by atoms with van der Waals surface area (Å²) in [5.41, 5.74) is 0.947. The molecule has 0 atom stereocenters. The molecule has 1 aliphatic rings. The van der Waals surface area contributed by atoms with Crippen molar-refractivity contribution in [1.82, 2.24) is 0 Å². The number of carbonyl (C=O) groups excluding carboxylic acids is 2. The minimum Gasteiger partial charge on any atom is -0.465 e. The van der Waals surface area contributed by atoms with Gasteiger partial charge in [-0.3, -0.25) is 4.79 Å². The first-order chi connectivity index (χ1) is 10.2. The fraction of sp³-hybridized carbons (Fsp3) is 0.125. The maximum atomic E-state index is 11.8. The Morgan fingerprint density at radius 3 is 2.71 bits per heavy atom. The maximum Gasteiger partial charge on any atom is 0.344 e. The Morgan fingerprint density at radius 1 is 1.19 bits per heavy atom. The second-order valence-electron chi connectivity index (χ2n) is 4.59. The monoisotopic (exact) mass is 299 g/mol. The van der Waals surface area contributed by atoms with Crippen molar-refractivity contribution in [3.8, 4) is 0 Å². The molecule has 1 aliphatic heterocycles. The Hall–Kier alpha value is -2.27. The molecule has 0 spiro atoms. The van der Waals surface area contributed by atoms with Crippen LogP contribution in [0.1, 0.15) is 0 Å². The van der Waals surface area contributed by atoms with Crippen molar-refractivity contribution < 1.29 is 14.3 Å². The number of Topliss-reactive ketones (excluding diaryl/α,β-unsaturated/α-hetero) is 1. The predicted octanol–water partition coefficient (Wildman–Crippen LogP) is 2.95. The first kappa shape index (κ1) is 13.7. The van der Waals surface area contributed by atoms with E-state index in [0.717, 1.165) is 16.5 Å². The molecule has 4 nitrogen and oxygen atoms in total. The lowest BCUT2D eigenvalue weighted by atomic mass is 10.1. The van der Waals surface area contributed by atoms with E-state index in [1.54, 1.807) is 0 Å².